The Bertz CT molecular complexity index is 806. The molecule has 0 radical (unpaired) electrons. The molecule has 0 aliphatic rings. The molecule has 0 aliphatic carbocycles. The fraction of sp³-hybridized carbons (Fsp3) is 0.519. The minimum atomic E-state index is -0.296. The van der Waals surface area contributed by atoms with Crippen molar-refractivity contribution in [2.45, 2.75) is 58.0 Å². The van der Waals surface area contributed by atoms with Crippen molar-refractivity contribution in [3.63, 3.8) is 0 Å². The molecule has 0 spiro atoms. The molecular formula is C27H39NO4. The smallest absolute Gasteiger partial charge is 0.306 e. The van der Waals surface area contributed by atoms with Crippen LogP contribution in [0.3, 0.4) is 0 Å². The van der Waals surface area contributed by atoms with Gasteiger partial charge >= 0.3 is 5.97 Å². The van der Waals surface area contributed by atoms with E-state index < -0.39 is 0 Å². The van der Waals surface area contributed by atoms with E-state index in [2.05, 4.69) is 25.1 Å². The molecule has 5 heteroatoms. The summed E-state index contributed by atoms with van der Waals surface area (Å²) in [5, 5.41) is 0. The summed E-state index contributed by atoms with van der Waals surface area (Å²) in [6, 6.07) is 16.2. The third-order valence-electron chi connectivity index (χ3n) is 5.32. The van der Waals surface area contributed by atoms with E-state index in [1.807, 2.05) is 49.3 Å². The van der Waals surface area contributed by atoms with Crippen LogP contribution in [0.4, 0.5) is 0 Å². The molecule has 0 fully saturated rings. The molecule has 0 aromatic heterocycles. The van der Waals surface area contributed by atoms with E-state index in [0.29, 0.717) is 19.6 Å². The molecule has 0 amide bonds. The van der Waals surface area contributed by atoms with Crippen LogP contribution in [0.1, 0.15) is 50.2 Å². The quantitative estimate of drug-likeness (QED) is 0.277. The van der Waals surface area contributed by atoms with Gasteiger partial charge in [0.05, 0.1) is 7.11 Å². The van der Waals surface area contributed by atoms with Crippen molar-refractivity contribution in [1.82, 2.24) is 4.90 Å². The monoisotopic (exact) mass is 441 g/mol. The van der Waals surface area contributed by atoms with E-state index in [1.165, 1.54) is 5.56 Å². The Morgan fingerprint density at radius 3 is 2.56 bits per heavy atom. The van der Waals surface area contributed by atoms with Gasteiger partial charge in [-0.1, -0.05) is 56.5 Å². The molecule has 2 aromatic rings. The summed E-state index contributed by atoms with van der Waals surface area (Å²) in [4.78, 5) is 14.3. The number of rotatable bonds is 15. The molecule has 2 aromatic carbocycles. The first-order valence-electron chi connectivity index (χ1n) is 11.7. The molecule has 0 saturated carbocycles. The first-order valence-corrected chi connectivity index (χ1v) is 11.7. The highest BCUT2D eigenvalue weighted by atomic mass is 16.6. The summed E-state index contributed by atoms with van der Waals surface area (Å²) < 4.78 is 17.2. The number of hydrogen-bond acceptors (Lipinski definition) is 5. The maximum absolute atomic E-state index is 12.3. The summed E-state index contributed by atoms with van der Waals surface area (Å²) in [7, 11) is 5.64. The van der Waals surface area contributed by atoms with Crippen molar-refractivity contribution < 1.29 is 19.0 Å². The summed E-state index contributed by atoms with van der Waals surface area (Å²) in [6.45, 7) is 3.14. The Kier molecular flexibility index (Phi) is 11.7. The molecule has 5 nitrogen and oxygen atoms in total. The van der Waals surface area contributed by atoms with Crippen LogP contribution >= 0.6 is 0 Å². The van der Waals surface area contributed by atoms with Gasteiger partial charge in [-0.3, -0.25) is 4.79 Å². The minimum Gasteiger partial charge on any atom is -0.497 e. The molecule has 0 saturated heterocycles. The zero-order valence-electron chi connectivity index (χ0n) is 20.1. The number of unbranched alkanes of at least 4 members (excludes halogenated alkanes) is 3. The van der Waals surface area contributed by atoms with Crippen LogP contribution < -0.4 is 9.47 Å². The van der Waals surface area contributed by atoms with Gasteiger partial charge in [-0.15, -0.1) is 0 Å². The Morgan fingerprint density at radius 1 is 1.00 bits per heavy atom. The molecule has 0 N–H and O–H groups in total. The normalized spacial score (nSPS) is 11.9. The molecule has 0 heterocycles. The number of esters is 1. The first kappa shape index (κ1) is 25.7. The van der Waals surface area contributed by atoms with Crippen LogP contribution in [0.2, 0.25) is 0 Å². The average molecular weight is 442 g/mol. The maximum Gasteiger partial charge on any atom is 0.306 e. The van der Waals surface area contributed by atoms with E-state index >= 15 is 0 Å². The van der Waals surface area contributed by atoms with Crippen LogP contribution in [-0.2, 0) is 22.4 Å². The number of aryl methyl sites for hydroxylation is 2. The van der Waals surface area contributed by atoms with Crippen LogP contribution in [0.25, 0.3) is 0 Å². The third-order valence-corrected chi connectivity index (χ3v) is 5.32. The lowest BCUT2D eigenvalue weighted by atomic mass is 10.0. The molecule has 0 unspecified atom stereocenters. The second-order valence-electron chi connectivity index (χ2n) is 8.46. The van der Waals surface area contributed by atoms with Crippen molar-refractivity contribution >= 4 is 5.97 Å². The van der Waals surface area contributed by atoms with Gasteiger partial charge in [0.2, 0.25) is 0 Å². The number of methoxy groups -OCH3 is 1. The number of hydrogen-bond donors (Lipinski definition) is 0. The predicted molar refractivity (Wildman–Crippen MR) is 130 cm³/mol. The highest BCUT2D eigenvalue weighted by Crippen LogP contribution is 2.22. The van der Waals surface area contributed by atoms with Gasteiger partial charge in [-0.2, -0.15) is 0 Å². The standard InChI is InChI=1S/C27H39NO4/c1-5-6-7-8-16-27(29)32-25(20-28(2)3)21-31-26-15-10-9-13-23(26)18-17-22-12-11-14-24(19-22)30-4/h9-15,19,25H,5-8,16-18,20-21H2,1-4H3/t25-/m1/s1. The van der Waals surface area contributed by atoms with Crippen molar-refractivity contribution in [2.24, 2.45) is 0 Å². The lowest BCUT2D eigenvalue weighted by Crippen LogP contribution is -2.35. The van der Waals surface area contributed by atoms with Crippen molar-refractivity contribution in [1.29, 1.82) is 0 Å². The fourth-order valence-corrected chi connectivity index (χ4v) is 3.61. The second kappa shape index (κ2) is 14.5. The zero-order valence-corrected chi connectivity index (χ0v) is 20.1. The number of para-hydroxylation sites is 1. The number of benzene rings is 2. The molecule has 0 aliphatic heterocycles. The Morgan fingerprint density at radius 2 is 1.81 bits per heavy atom. The first-order chi connectivity index (χ1) is 15.5. The van der Waals surface area contributed by atoms with Crippen LogP contribution in [0.15, 0.2) is 48.5 Å². The Balaban J connectivity index is 1.93. The lowest BCUT2D eigenvalue weighted by Gasteiger charge is -2.22. The van der Waals surface area contributed by atoms with Gasteiger partial charge in [0.15, 0.2) is 0 Å². The number of carbonyl (C=O) groups is 1. The van der Waals surface area contributed by atoms with E-state index in [9.17, 15) is 4.79 Å². The summed E-state index contributed by atoms with van der Waals surface area (Å²) >= 11 is 0. The lowest BCUT2D eigenvalue weighted by molar-refractivity contribution is -0.151. The molecule has 2 rings (SSSR count). The Labute approximate surface area is 193 Å². The Hall–Kier alpha value is -2.53. The van der Waals surface area contributed by atoms with Gasteiger partial charge in [-0.05, 0) is 62.7 Å². The molecule has 0 bridgehead atoms. The number of carbonyl (C=O) groups excluding carboxylic acids is 1. The predicted octanol–water partition coefficient (Wildman–Crippen LogP) is 5.30. The molecule has 176 valence electrons. The highest BCUT2D eigenvalue weighted by molar-refractivity contribution is 5.69. The molecular weight excluding hydrogens is 402 g/mol. The second-order valence-corrected chi connectivity index (χ2v) is 8.46. The number of ether oxygens (including phenoxy) is 3. The van der Waals surface area contributed by atoms with Crippen molar-refractivity contribution in [3.8, 4) is 11.5 Å². The van der Waals surface area contributed by atoms with E-state index in [1.54, 1.807) is 7.11 Å². The maximum atomic E-state index is 12.3. The highest BCUT2D eigenvalue weighted by Gasteiger charge is 2.17. The van der Waals surface area contributed by atoms with Crippen molar-refractivity contribution in [2.75, 3.05) is 34.4 Å². The van der Waals surface area contributed by atoms with Gasteiger partial charge in [-0.25, -0.2) is 0 Å². The van der Waals surface area contributed by atoms with Crippen LogP contribution in [-0.4, -0.2) is 51.3 Å². The summed E-state index contributed by atoms with van der Waals surface area (Å²) in [5.74, 6) is 1.58. The van der Waals surface area contributed by atoms with E-state index in [4.69, 9.17) is 14.2 Å². The minimum absolute atomic E-state index is 0.136. The van der Waals surface area contributed by atoms with E-state index in [-0.39, 0.29) is 12.1 Å². The zero-order chi connectivity index (χ0) is 23.2. The average Bonchev–Trinajstić information content (AvgIpc) is 2.79. The number of likely N-dealkylation sites (N-methyl/N-ethyl adjacent to an activating group) is 1. The van der Waals surface area contributed by atoms with Crippen LogP contribution in [0.5, 0.6) is 11.5 Å². The van der Waals surface area contributed by atoms with Crippen LogP contribution in [0, 0.1) is 0 Å². The number of nitrogens with zero attached hydrogens (tertiary/aromatic N) is 1. The van der Waals surface area contributed by atoms with E-state index in [0.717, 1.165) is 55.6 Å². The largest absolute Gasteiger partial charge is 0.497 e. The van der Waals surface area contributed by atoms with Crippen molar-refractivity contribution in [3.05, 3.63) is 59.7 Å². The topological polar surface area (TPSA) is 48.0 Å². The van der Waals surface area contributed by atoms with Gasteiger partial charge < -0.3 is 19.1 Å². The fourth-order valence-electron chi connectivity index (χ4n) is 3.61. The molecule has 1 atom stereocenters. The van der Waals surface area contributed by atoms with Gasteiger partial charge in [0.25, 0.3) is 0 Å². The molecule has 32 heavy (non-hydrogen) atoms. The summed E-state index contributed by atoms with van der Waals surface area (Å²) in [6.07, 6.45) is 6.20. The third kappa shape index (κ3) is 9.73. The van der Waals surface area contributed by atoms with Gasteiger partial charge in [0, 0.05) is 13.0 Å². The SMILES string of the molecule is CCCCCCC(=O)O[C@@H](COc1ccccc1CCc1cccc(OC)c1)CN(C)C. The van der Waals surface area contributed by atoms with Gasteiger partial charge in [0.1, 0.15) is 24.2 Å². The summed E-state index contributed by atoms with van der Waals surface area (Å²) in [5.41, 5.74) is 2.37.